The Labute approximate surface area is 139 Å². The number of halogens is 1. The third-order valence-electron chi connectivity index (χ3n) is 3.98. The zero-order chi connectivity index (χ0) is 15.7. The number of aromatic nitrogens is 2. The average molecular weight is 336 g/mol. The van der Waals surface area contributed by atoms with Crippen LogP contribution in [0.5, 0.6) is 0 Å². The van der Waals surface area contributed by atoms with Crippen LogP contribution in [0.3, 0.4) is 0 Å². The number of hydrogen-bond acceptors (Lipinski definition) is 3. The van der Waals surface area contributed by atoms with Gasteiger partial charge in [0.15, 0.2) is 5.69 Å². The van der Waals surface area contributed by atoms with Crippen molar-refractivity contribution in [3.63, 3.8) is 0 Å². The number of benzene rings is 1. The molecule has 2 heterocycles. The molecule has 0 saturated carbocycles. The van der Waals surface area contributed by atoms with E-state index in [1.807, 2.05) is 61.0 Å². The van der Waals surface area contributed by atoms with Gasteiger partial charge in [-0.05, 0) is 30.7 Å². The third kappa shape index (κ3) is 3.01. The molecule has 0 bridgehead atoms. The molecule has 0 unspecified atom stereocenters. The molecule has 3 rings (SSSR count). The maximum Gasteiger partial charge on any atom is 0.274 e. The van der Waals surface area contributed by atoms with Crippen LogP contribution < -0.4 is 0 Å². The highest BCUT2D eigenvalue weighted by Gasteiger charge is 2.30. The molecule has 1 fully saturated rings. The maximum atomic E-state index is 12.8. The number of carbonyl (C=O) groups is 1. The van der Waals surface area contributed by atoms with E-state index in [0.717, 1.165) is 29.3 Å². The summed E-state index contributed by atoms with van der Waals surface area (Å²) in [5, 5.41) is 5.04. The lowest BCUT2D eigenvalue weighted by atomic mass is 10.1. The first-order valence-electron chi connectivity index (χ1n) is 7.21. The predicted octanol–water partition coefficient (Wildman–Crippen LogP) is 3.31. The molecule has 1 aliphatic heterocycles. The second-order valence-electron chi connectivity index (χ2n) is 5.44. The number of thioether (sulfide) groups is 1. The van der Waals surface area contributed by atoms with Gasteiger partial charge in [-0.15, -0.1) is 0 Å². The zero-order valence-electron chi connectivity index (χ0n) is 12.6. The smallest absolute Gasteiger partial charge is 0.274 e. The molecule has 1 aromatic heterocycles. The van der Waals surface area contributed by atoms with E-state index in [1.54, 1.807) is 4.68 Å². The third-order valence-corrected chi connectivity index (χ3v) is 5.25. The van der Waals surface area contributed by atoms with Crippen LogP contribution in [0.4, 0.5) is 0 Å². The summed E-state index contributed by atoms with van der Waals surface area (Å²) < 4.78 is 1.74. The molecule has 2 aromatic rings. The molecule has 6 heteroatoms. The molecule has 0 spiro atoms. The lowest BCUT2D eigenvalue weighted by molar-refractivity contribution is 0.0694. The fraction of sp³-hybridized carbons (Fsp3) is 0.375. The SMILES string of the molecule is Cc1cc(C(=O)N2CCSC[C@@H]2c2ccc(Cl)cc2)nn1C. The van der Waals surface area contributed by atoms with E-state index in [9.17, 15) is 4.79 Å². The fourth-order valence-corrected chi connectivity index (χ4v) is 3.83. The summed E-state index contributed by atoms with van der Waals surface area (Å²) in [5.74, 6) is 1.87. The first kappa shape index (κ1) is 15.4. The Kier molecular flexibility index (Phi) is 4.45. The number of rotatable bonds is 2. The number of amides is 1. The minimum atomic E-state index is 0.00366. The van der Waals surface area contributed by atoms with Crippen LogP contribution in [0.25, 0.3) is 0 Å². The van der Waals surface area contributed by atoms with Crippen LogP contribution in [-0.4, -0.2) is 38.6 Å². The fourth-order valence-electron chi connectivity index (χ4n) is 2.62. The monoisotopic (exact) mass is 335 g/mol. The molecule has 1 aromatic carbocycles. The Morgan fingerprint density at radius 1 is 1.36 bits per heavy atom. The lowest BCUT2D eigenvalue weighted by Gasteiger charge is -2.35. The molecule has 1 atom stereocenters. The van der Waals surface area contributed by atoms with E-state index in [-0.39, 0.29) is 11.9 Å². The summed E-state index contributed by atoms with van der Waals surface area (Å²) in [6, 6.07) is 9.69. The van der Waals surface area contributed by atoms with Gasteiger partial charge in [0.2, 0.25) is 0 Å². The maximum absolute atomic E-state index is 12.8. The van der Waals surface area contributed by atoms with Crippen LogP contribution in [0.2, 0.25) is 5.02 Å². The number of aryl methyl sites for hydroxylation is 2. The van der Waals surface area contributed by atoms with Crippen molar-refractivity contribution in [2.75, 3.05) is 18.1 Å². The van der Waals surface area contributed by atoms with E-state index >= 15 is 0 Å². The first-order chi connectivity index (χ1) is 10.6. The van der Waals surface area contributed by atoms with Gasteiger partial charge in [-0.1, -0.05) is 23.7 Å². The van der Waals surface area contributed by atoms with Crippen molar-refractivity contribution in [2.24, 2.45) is 7.05 Å². The highest BCUT2D eigenvalue weighted by molar-refractivity contribution is 7.99. The predicted molar refractivity (Wildman–Crippen MR) is 90.5 cm³/mol. The summed E-state index contributed by atoms with van der Waals surface area (Å²) in [6.45, 7) is 2.69. The second kappa shape index (κ2) is 6.34. The largest absolute Gasteiger partial charge is 0.329 e. The van der Waals surface area contributed by atoms with E-state index in [0.29, 0.717) is 10.7 Å². The van der Waals surface area contributed by atoms with E-state index in [1.165, 1.54) is 0 Å². The van der Waals surface area contributed by atoms with Gasteiger partial charge in [-0.25, -0.2) is 0 Å². The highest BCUT2D eigenvalue weighted by atomic mass is 35.5. The lowest BCUT2D eigenvalue weighted by Crippen LogP contribution is -2.41. The van der Waals surface area contributed by atoms with Crippen LogP contribution in [0.15, 0.2) is 30.3 Å². The molecule has 1 aliphatic rings. The Hall–Kier alpha value is -1.46. The Morgan fingerprint density at radius 3 is 2.73 bits per heavy atom. The van der Waals surface area contributed by atoms with Crippen LogP contribution in [0.1, 0.15) is 27.8 Å². The van der Waals surface area contributed by atoms with Gasteiger partial charge in [0, 0.05) is 35.8 Å². The number of nitrogens with zero attached hydrogens (tertiary/aromatic N) is 3. The van der Waals surface area contributed by atoms with E-state index in [4.69, 9.17) is 11.6 Å². The molecule has 1 amide bonds. The molecule has 0 aliphatic carbocycles. The highest BCUT2D eigenvalue weighted by Crippen LogP contribution is 2.31. The minimum absolute atomic E-state index is 0.00366. The first-order valence-corrected chi connectivity index (χ1v) is 8.74. The molecule has 1 saturated heterocycles. The van der Waals surface area contributed by atoms with Crippen LogP contribution >= 0.6 is 23.4 Å². The van der Waals surface area contributed by atoms with Crippen molar-refractivity contribution < 1.29 is 4.79 Å². The molecular weight excluding hydrogens is 318 g/mol. The standard InChI is InChI=1S/C16H18ClN3OS/c1-11-9-14(18-19(11)2)16(21)20-7-8-22-10-15(20)12-3-5-13(17)6-4-12/h3-6,9,15H,7-8,10H2,1-2H3/t15-/m1/s1. The van der Waals surface area contributed by atoms with Gasteiger partial charge in [0.05, 0.1) is 6.04 Å². The molecule has 116 valence electrons. The van der Waals surface area contributed by atoms with Gasteiger partial charge in [0.1, 0.15) is 0 Å². The summed E-state index contributed by atoms with van der Waals surface area (Å²) in [4.78, 5) is 14.8. The average Bonchev–Trinajstić information content (AvgIpc) is 2.87. The van der Waals surface area contributed by atoms with Crippen molar-refractivity contribution in [3.05, 3.63) is 52.3 Å². The number of carbonyl (C=O) groups excluding carboxylic acids is 1. The van der Waals surface area contributed by atoms with Crippen molar-refractivity contribution in [1.82, 2.24) is 14.7 Å². The van der Waals surface area contributed by atoms with Gasteiger partial charge in [0.25, 0.3) is 5.91 Å². The van der Waals surface area contributed by atoms with Gasteiger partial charge in [-0.3, -0.25) is 9.48 Å². The van der Waals surface area contributed by atoms with Crippen molar-refractivity contribution in [3.8, 4) is 0 Å². The molecule has 4 nitrogen and oxygen atoms in total. The topological polar surface area (TPSA) is 38.1 Å². The van der Waals surface area contributed by atoms with Gasteiger partial charge in [-0.2, -0.15) is 16.9 Å². The molecule has 22 heavy (non-hydrogen) atoms. The summed E-state index contributed by atoms with van der Waals surface area (Å²) in [7, 11) is 1.86. The quantitative estimate of drug-likeness (QED) is 0.845. The van der Waals surface area contributed by atoms with Gasteiger partial charge >= 0.3 is 0 Å². The number of hydrogen-bond donors (Lipinski definition) is 0. The van der Waals surface area contributed by atoms with Crippen LogP contribution in [-0.2, 0) is 7.05 Å². The second-order valence-corrected chi connectivity index (χ2v) is 7.02. The summed E-state index contributed by atoms with van der Waals surface area (Å²) in [5.41, 5.74) is 2.63. The van der Waals surface area contributed by atoms with Crippen LogP contribution in [0, 0.1) is 6.92 Å². The van der Waals surface area contributed by atoms with Gasteiger partial charge < -0.3 is 4.90 Å². The van der Waals surface area contributed by atoms with E-state index < -0.39 is 0 Å². The van der Waals surface area contributed by atoms with Crippen molar-refractivity contribution in [1.29, 1.82) is 0 Å². The van der Waals surface area contributed by atoms with Crippen molar-refractivity contribution in [2.45, 2.75) is 13.0 Å². The Balaban J connectivity index is 1.89. The molecule has 0 N–H and O–H groups in total. The Bertz CT molecular complexity index is 664. The Morgan fingerprint density at radius 2 is 2.09 bits per heavy atom. The zero-order valence-corrected chi connectivity index (χ0v) is 14.2. The molecular formula is C16H18ClN3OS. The summed E-state index contributed by atoms with van der Waals surface area (Å²) >= 11 is 7.84. The summed E-state index contributed by atoms with van der Waals surface area (Å²) in [6.07, 6.45) is 0. The van der Waals surface area contributed by atoms with E-state index in [2.05, 4.69) is 5.10 Å². The van der Waals surface area contributed by atoms with Crippen molar-refractivity contribution >= 4 is 29.3 Å². The normalized spacial score (nSPS) is 18.5. The minimum Gasteiger partial charge on any atom is -0.329 e. The molecule has 0 radical (unpaired) electrons.